The van der Waals surface area contributed by atoms with Gasteiger partial charge in [-0.15, -0.1) is 0 Å². The van der Waals surface area contributed by atoms with Crippen molar-refractivity contribution in [3.05, 3.63) is 83.8 Å². The largest absolute Gasteiger partial charge is 0.468 e. The first-order chi connectivity index (χ1) is 17.7. The molecule has 0 unspecified atom stereocenters. The molecule has 0 amide bonds. The Labute approximate surface area is 215 Å². The fourth-order valence-electron chi connectivity index (χ4n) is 4.28. The molecule has 36 heavy (non-hydrogen) atoms. The fourth-order valence-corrected chi connectivity index (χ4v) is 4.28. The lowest BCUT2D eigenvalue weighted by Gasteiger charge is -2.26. The Hall–Kier alpha value is -2.84. The number of ether oxygens (including phenoxy) is 4. The van der Waals surface area contributed by atoms with Crippen LogP contribution in [0.15, 0.2) is 71.3 Å². The number of rotatable bonds is 17. The van der Waals surface area contributed by atoms with Crippen LogP contribution in [0.4, 0.5) is 11.4 Å². The van der Waals surface area contributed by atoms with E-state index >= 15 is 0 Å². The minimum absolute atomic E-state index is 0.000834. The quantitative estimate of drug-likeness (QED) is 0.269. The first-order valence-electron chi connectivity index (χ1n) is 12.4. The summed E-state index contributed by atoms with van der Waals surface area (Å²) in [5.74, 6) is 0.919. The van der Waals surface area contributed by atoms with E-state index in [1.807, 2.05) is 12.1 Å². The topological polar surface area (TPSA) is 56.5 Å². The molecule has 0 N–H and O–H groups in total. The molecule has 0 aliphatic carbocycles. The Balaban J connectivity index is 1.85. The normalized spacial score (nSPS) is 11.2. The maximum Gasteiger partial charge on any atom is 0.115 e. The van der Waals surface area contributed by atoms with Crippen molar-refractivity contribution in [3.63, 3.8) is 0 Å². The van der Waals surface area contributed by atoms with Crippen LogP contribution in [0.2, 0.25) is 0 Å². The van der Waals surface area contributed by atoms with Gasteiger partial charge >= 0.3 is 0 Å². The highest BCUT2D eigenvalue weighted by molar-refractivity contribution is 5.53. The molecule has 0 aliphatic rings. The lowest BCUT2D eigenvalue weighted by atomic mass is 9.89. The van der Waals surface area contributed by atoms with Gasteiger partial charge in [0.25, 0.3) is 0 Å². The zero-order chi connectivity index (χ0) is 25.6. The number of furan rings is 1. The van der Waals surface area contributed by atoms with Gasteiger partial charge < -0.3 is 33.2 Å². The van der Waals surface area contributed by atoms with Crippen LogP contribution in [0.5, 0.6) is 0 Å². The molecule has 7 heteroatoms. The molecule has 1 heterocycles. The second kappa shape index (κ2) is 15.3. The van der Waals surface area contributed by atoms with Crippen LogP contribution < -0.4 is 9.80 Å². The van der Waals surface area contributed by atoms with Crippen LogP contribution in [0, 0.1) is 0 Å². The van der Waals surface area contributed by atoms with Crippen molar-refractivity contribution in [3.8, 4) is 0 Å². The third-order valence-corrected chi connectivity index (χ3v) is 6.27. The monoisotopic (exact) mass is 496 g/mol. The number of benzene rings is 2. The van der Waals surface area contributed by atoms with Crippen molar-refractivity contribution >= 4 is 11.4 Å². The van der Waals surface area contributed by atoms with E-state index in [1.54, 1.807) is 34.7 Å². The Morgan fingerprint density at radius 2 is 0.972 bits per heavy atom. The third-order valence-electron chi connectivity index (χ3n) is 6.27. The number of anilines is 2. The predicted molar refractivity (Wildman–Crippen MR) is 144 cm³/mol. The van der Waals surface area contributed by atoms with Crippen LogP contribution in [-0.4, -0.2) is 81.0 Å². The van der Waals surface area contributed by atoms with E-state index in [4.69, 9.17) is 23.4 Å². The summed E-state index contributed by atoms with van der Waals surface area (Å²) in [6.07, 6.45) is 1.74. The molecule has 0 fully saturated rings. The summed E-state index contributed by atoms with van der Waals surface area (Å²) in [4.78, 5) is 4.56. The Bertz CT molecular complexity index is 881. The number of methoxy groups -OCH3 is 4. The molecule has 3 rings (SSSR count). The van der Waals surface area contributed by atoms with Gasteiger partial charge in [0.1, 0.15) is 5.76 Å². The van der Waals surface area contributed by atoms with E-state index in [-0.39, 0.29) is 5.92 Å². The van der Waals surface area contributed by atoms with Gasteiger partial charge in [0.05, 0.1) is 38.6 Å². The number of nitrogens with zero attached hydrogens (tertiary/aromatic N) is 2. The molecule has 3 aromatic rings. The van der Waals surface area contributed by atoms with Gasteiger partial charge in [0, 0.05) is 66.0 Å². The van der Waals surface area contributed by atoms with Gasteiger partial charge in [0.2, 0.25) is 0 Å². The summed E-state index contributed by atoms with van der Waals surface area (Å²) < 4.78 is 27.1. The SMILES string of the molecule is COCCN(CCOC)c1ccc(C(c2ccc(N(CCOC)CCOC)cc2)c2ccco2)cc1. The van der Waals surface area contributed by atoms with E-state index in [1.165, 1.54) is 11.1 Å². The highest BCUT2D eigenvalue weighted by Crippen LogP contribution is 2.34. The van der Waals surface area contributed by atoms with E-state index in [0.29, 0.717) is 26.4 Å². The first kappa shape index (κ1) is 27.7. The third kappa shape index (κ3) is 7.83. The van der Waals surface area contributed by atoms with Crippen molar-refractivity contribution in [2.75, 3.05) is 90.8 Å². The summed E-state index contributed by atoms with van der Waals surface area (Å²) in [6.45, 7) is 5.90. The van der Waals surface area contributed by atoms with Gasteiger partial charge in [-0.05, 0) is 47.5 Å². The molecule has 0 radical (unpaired) electrons. The molecular formula is C29H40N2O5. The average Bonchev–Trinajstić information content (AvgIpc) is 3.45. The van der Waals surface area contributed by atoms with E-state index in [9.17, 15) is 0 Å². The lowest BCUT2D eigenvalue weighted by molar-refractivity contribution is 0.190. The highest BCUT2D eigenvalue weighted by atomic mass is 16.5. The Morgan fingerprint density at radius 1 is 0.583 bits per heavy atom. The van der Waals surface area contributed by atoms with E-state index < -0.39 is 0 Å². The van der Waals surface area contributed by atoms with Gasteiger partial charge in [-0.25, -0.2) is 0 Å². The minimum atomic E-state index is 0.000834. The average molecular weight is 497 g/mol. The van der Waals surface area contributed by atoms with Gasteiger partial charge in [-0.2, -0.15) is 0 Å². The molecule has 0 bridgehead atoms. The van der Waals surface area contributed by atoms with Gasteiger partial charge in [-0.3, -0.25) is 0 Å². The van der Waals surface area contributed by atoms with Crippen molar-refractivity contribution in [1.29, 1.82) is 0 Å². The Kier molecular flexibility index (Phi) is 11.8. The van der Waals surface area contributed by atoms with Crippen LogP contribution in [0.3, 0.4) is 0 Å². The smallest absolute Gasteiger partial charge is 0.115 e. The zero-order valence-electron chi connectivity index (χ0n) is 22.0. The van der Waals surface area contributed by atoms with Crippen LogP contribution in [-0.2, 0) is 18.9 Å². The molecule has 0 saturated carbocycles. The van der Waals surface area contributed by atoms with Crippen LogP contribution in [0.25, 0.3) is 0 Å². The Morgan fingerprint density at radius 3 is 1.28 bits per heavy atom. The molecule has 0 saturated heterocycles. The minimum Gasteiger partial charge on any atom is -0.468 e. The molecular weight excluding hydrogens is 456 g/mol. The van der Waals surface area contributed by atoms with E-state index in [0.717, 1.165) is 43.3 Å². The zero-order valence-corrected chi connectivity index (χ0v) is 22.0. The maximum absolute atomic E-state index is 5.89. The van der Waals surface area contributed by atoms with Crippen molar-refractivity contribution < 1.29 is 23.4 Å². The van der Waals surface area contributed by atoms with Crippen LogP contribution in [0.1, 0.15) is 22.8 Å². The predicted octanol–water partition coefficient (Wildman–Crippen LogP) is 4.66. The van der Waals surface area contributed by atoms with Crippen molar-refractivity contribution in [1.82, 2.24) is 0 Å². The molecule has 0 aliphatic heterocycles. The molecule has 7 nitrogen and oxygen atoms in total. The standard InChI is InChI=1S/C29H40N2O5/c1-32-20-15-30(16-21-33-2)26-11-7-24(8-12-26)29(28-6-5-19-36-28)25-9-13-27(14-10-25)31(17-22-34-3)18-23-35-4/h5-14,19,29H,15-18,20-23H2,1-4H3. The molecule has 1 aromatic heterocycles. The second-order valence-corrected chi connectivity index (χ2v) is 8.58. The number of hydrogen-bond donors (Lipinski definition) is 0. The van der Waals surface area contributed by atoms with Crippen molar-refractivity contribution in [2.24, 2.45) is 0 Å². The number of hydrogen-bond acceptors (Lipinski definition) is 7. The van der Waals surface area contributed by atoms with Crippen LogP contribution >= 0.6 is 0 Å². The highest BCUT2D eigenvalue weighted by Gasteiger charge is 2.20. The first-order valence-corrected chi connectivity index (χ1v) is 12.4. The molecule has 0 atom stereocenters. The van der Waals surface area contributed by atoms with Gasteiger partial charge in [0.15, 0.2) is 0 Å². The van der Waals surface area contributed by atoms with E-state index in [2.05, 4.69) is 58.3 Å². The molecule has 196 valence electrons. The molecule has 0 spiro atoms. The summed E-state index contributed by atoms with van der Waals surface area (Å²) in [6, 6.07) is 21.4. The fraction of sp³-hybridized carbons (Fsp3) is 0.448. The summed E-state index contributed by atoms with van der Waals surface area (Å²) in [5, 5.41) is 0. The lowest BCUT2D eigenvalue weighted by Crippen LogP contribution is -2.30. The summed E-state index contributed by atoms with van der Waals surface area (Å²) >= 11 is 0. The van der Waals surface area contributed by atoms with Gasteiger partial charge in [-0.1, -0.05) is 24.3 Å². The van der Waals surface area contributed by atoms with Crippen molar-refractivity contribution in [2.45, 2.75) is 5.92 Å². The maximum atomic E-state index is 5.89. The summed E-state index contributed by atoms with van der Waals surface area (Å²) in [7, 11) is 6.91. The second-order valence-electron chi connectivity index (χ2n) is 8.58. The summed E-state index contributed by atoms with van der Waals surface area (Å²) in [5.41, 5.74) is 4.65. The molecule has 2 aromatic carbocycles.